The van der Waals surface area contributed by atoms with E-state index >= 15 is 0 Å². The molecule has 3 nitrogen and oxygen atoms in total. The fraction of sp³-hybridized carbons (Fsp3) is 0.278. The van der Waals surface area contributed by atoms with E-state index in [1.165, 1.54) is 0 Å². The fourth-order valence-corrected chi connectivity index (χ4v) is 2.92. The van der Waals surface area contributed by atoms with E-state index in [1.54, 1.807) is 0 Å². The molecule has 0 bridgehead atoms. The quantitative estimate of drug-likeness (QED) is 0.904. The monoisotopic (exact) mass is 314 g/mol. The topological polar surface area (TPSA) is 32.3 Å². The van der Waals surface area contributed by atoms with Crippen molar-refractivity contribution in [2.45, 2.75) is 25.8 Å². The summed E-state index contributed by atoms with van der Waals surface area (Å²) in [6.07, 6.45) is 0.377. The first kappa shape index (κ1) is 14.9. The van der Waals surface area contributed by atoms with Crippen molar-refractivity contribution in [3.63, 3.8) is 0 Å². The van der Waals surface area contributed by atoms with Crippen molar-refractivity contribution in [3.05, 3.63) is 59.1 Å². The van der Waals surface area contributed by atoms with Crippen molar-refractivity contribution in [2.24, 2.45) is 0 Å². The molecule has 0 aliphatic carbocycles. The van der Waals surface area contributed by atoms with E-state index in [0.29, 0.717) is 18.0 Å². The van der Waals surface area contributed by atoms with Crippen molar-refractivity contribution in [1.29, 1.82) is 0 Å². The van der Waals surface area contributed by atoms with E-state index < -0.39 is 0 Å². The Labute approximate surface area is 135 Å². The maximum Gasteiger partial charge on any atom is 0.231 e. The number of amides is 1. The number of hydrogen-bond acceptors (Lipinski definition) is 2. The van der Waals surface area contributed by atoms with Gasteiger partial charge in [-0.3, -0.25) is 4.79 Å². The molecule has 1 N–H and O–H groups in total. The summed E-state index contributed by atoms with van der Waals surface area (Å²) in [6, 6.07) is 15.4. The van der Waals surface area contributed by atoms with E-state index in [0.717, 1.165) is 16.9 Å². The second-order valence-electron chi connectivity index (χ2n) is 6.31. The first-order chi connectivity index (χ1) is 10.4. The summed E-state index contributed by atoms with van der Waals surface area (Å²) < 4.78 is 0. The van der Waals surface area contributed by atoms with Crippen LogP contribution < -0.4 is 10.2 Å². The molecule has 0 unspecified atom stereocenters. The maximum absolute atomic E-state index is 12.8. The fourth-order valence-electron chi connectivity index (χ4n) is 2.79. The molecule has 1 aliphatic heterocycles. The van der Waals surface area contributed by atoms with Crippen LogP contribution in [0.25, 0.3) is 0 Å². The summed E-state index contributed by atoms with van der Waals surface area (Å²) in [6.45, 7) is 4.85. The number of nitrogens with zero attached hydrogens (tertiary/aromatic N) is 1. The van der Waals surface area contributed by atoms with Crippen molar-refractivity contribution in [2.75, 3.05) is 16.8 Å². The summed E-state index contributed by atoms with van der Waals surface area (Å²) in [5.41, 5.74) is 2.77. The molecule has 3 rings (SSSR count). The first-order valence-electron chi connectivity index (χ1n) is 7.37. The molecule has 2 aromatic carbocycles. The van der Waals surface area contributed by atoms with Crippen molar-refractivity contribution < 1.29 is 4.79 Å². The molecular formula is C18H19ClN2O. The Kier molecular flexibility index (Phi) is 3.83. The molecule has 1 heterocycles. The number of hydrogen-bond donors (Lipinski definition) is 1. The van der Waals surface area contributed by atoms with Gasteiger partial charge in [0, 0.05) is 17.1 Å². The van der Waals surface area contributed by atoms with E-state index in [9.17, 15) is 4.79 Å². The summed E-state index contributed by atoms with van der Waals surface area (Å²) >= 11 is 5.90. The van der Waals surface area contributed by atoms with Gasteiger partial charge in [-0.2, -0.15) is 0 Å². The van der Waals surface area contributed by atoms with Crippen LogP contribution in [0.15, 0.2) is 48.5 Å². The normalized spacial score (nSPS) is 15.9. The zero-order chi connectivity index (χ0) is 15.7. The van der Waals surface area contributed by atoms with Gasteiger partial charge in [-0.05, 0) is 43.7 Å². The Morgan fingerprint density at radius 1 is 1.18 bits per heavy atom. The van der Waals surface area contributed by atoms with Gasteiger partial charge < -0.3 is 10.2 Å². The summed E-state index contributed by atoms with van der Waals surface area (Å²) in [5, 5.41) is 4.17. The van der Waals surface area contributed by atoms with Gasteiger partial charge in [0.05, 0.1) is 17.8 Å². The highest BCUT2D eigenvalue weighted by Gasteiger charge is 2.32. The zero-order valence-corrected chi connectivity index (χ0v) is 13.5. The minimum Gasteiger partial charge on any atom is -0.377 e. The Hall–Kier alpha value is -2.00. The standard InChI is InChI=1S/C18H19ClN2O/c1-18(2)12-21(16-6-4-3-5-15(16)20-18)17(22)11-13-7-9-14(19)10-8-13/h3-10,20H,11-12H2,1-2H3. The molecule has 22 heavy (non-hydrogen) atoms. The predicted molar refractivity (Wildman–Crippen MR) is 91.7 cm³/mol. The highest BCUT2D eigenvalue weighted by atomic mass is 35.5. The number of rotatable bonds is 2. The average molecular weight is 315 g/mol. The lowest BCUT2D eigenvalue weighted by atomic mass is 9.98. The van der Waals surface area contributed by atoms with Gasteiger partial charge in [-0.15, -0.1) is 0 Å². The molecule has 0 saturated carbocycles. The number of fused-ring (bicyclic) bond motifs is 1. The molecule has 0 radical (unpaired) electrons. The van der Waals surface area contributed by atoms with Crippen LogP contribution in [-0.2, 0) is 11.2 Å². The van der Waals surface area contributed by atoms with Crippen LogP contribution >= 0.6 is 11.6 Å². The van der Waals surface area contributed by atoms with Gasteiger partial charge in [0.15, 0.2) is 0 Å². The summed E-state index contributed by atoms with van der Waals surface area (Å²) in [5.74, 6) is 0.101. The molecule has 0 saturated heterocycles. The van der Waals surface area contributed by atoms with Crippen LogP contribution in [0.5, 0.6) is 0 Å². The Morgan fingerprint density at radius 2 is 1.86 bits per heavy atom. The van der Waals surface area contributed by atoms with Gasteiger partial charge in [0.25, 0.3) is 0 Å². The van der Waals surface area contributed by atoms with Crippen LogP contribution in [0.1, 0.15) is 19.4 Å². The number of anilines is 2. The molecule has 1 amide bonds. The van der Waals surface area contributed by atoms with Crippen molar-refractivity contribution in [1.82, 2.24) is 0 Å². The zero-order valence-electron chi connectivity index (χ0n) is 12.8. The number of carbonyl (C=O) groups excluding carboxylic acids is 1. The van der Waals surface area contributed by atoms with Gasteiger partial charge in [-0.25, -0.2) is 0 Å². The third kappa shape index (κ3) is 3.09. The second kappa shape index (κ2) is 5.65. The smallest absolute Gasteiger partial charge is 0.231 e. The van der Waals surface area contributed by atoms with Gasteiger partial charge in [0.1, 0.15) is 0 Å². The molecule has 0 atom stereocenters. The minimum absolute atomic E-state index is 0.101. The lowest BCUT2D eigenvalue weighted by Gasteiger charge is -2.41. The van der Waals surface area contributed by atoms with Gasteiger partial charge >= 0.3 is 0 Å². The lowest BCUT2D eigenvalue weighted by Crippen LogP contribution is -2.51. The SMILES string of the molecule is CC1(C)CN(C(=O)Cc2ccc(Cl)cc2)c2ccccc2N1. The van der Waals surface area contributed by atoms with Gasteiger partial charge in [0.2, 0.25) is 5.91 Å². The number of para-hydroxylation sites is 2. The number of nitrogens with one attached hydrogen (secondary N) is 1. The Morgan fingerprint density at radius 3 is 2.59 bits per heavy atom. The highest BCUT2D eigenvalue weighted by Crippen LogP contribution is 2.34. The van der Waals surface area contributed by atoms with Crippen LogP contribution in [0.2, 0.25) is 5.02 Å². The first-order valence-corrected chi connectivity index (χ1v) is 7.74. The van der Waals surface area contributed by atoms with Crippen LogP contribution in [-0.4, -0.2) is 18.0 Å². The predicted octanol–water partition coefficient (Wildman–Crippen LogP) is 4.12. The Bertz CT molecular complexity index is 694. The molecule has 4 heteroatoms. The van der Waals surface area contributed by atoms with E-state index in [4.69, 9.17) is 11.6 Å². The van der Waals surface area contributed by atoms with Crippen LogP contribution in [0.3, 0.4) is 0 Å². The number of carbonyl (C=O) groups is 1. The third-order valence-corrected chi connectivity index (χ3v) is 4.04. The van der Waals surface area contributed by atoms with Crippen LogP contribution in [0.4, 0.5) is 11.4 Å². The second-order valence-corrected chi connectivity index (χ2v) is 6.75. The van der Waals surface area contributed by atoms with E-state index in [2.05, 4.69) is 19.2 Å². The highest BCUT2D eigenvalue weighted by molar-refractivity contribution is 6.30. The number of halogens is 1. The minimum atomic E-state index is -0.149. The summed E-state index contributed by atoms with van der Waals surface area (Å²) in [4.78, 5) is 14.6. The van der Waals surface area contributed by atoms with E-state index in [-0.39, 0.29) is 11.4 Å². The van der Waals surface area contributed by atoms with Crippen molar-refractivity contribution in [3.8, 4) is 0 Å². The Balaban J connectivity index is 1.87. The molecule has 1 aliphatic rings. The average Bonchev–Trinajstić information content (AvgIpc) is 2.47. The molecule has 114 valence electrons. The summed E-state index contributed by atoms with van der Waals surface area (Å²) in [7, 11) is 0. The molecule has 0 spiro atoms. The molecule has 0 aromatic heterocycles. The van der Waals surface area contributed by atoms with Crippen LogP contribution in [0, 0.1) is 0 Å². The molecular weight excluding hydrogens is 296 g/mol. The van der Waals surface area contributed by atoms with Gasteiger partial charge in [-0.1, -0.05) is 35.9 Å². The molecule has 2 aromatic rings. The largest absolute Gasteiger partial charge is 0.377 e. The maximum atomic E-state index is 12.8. The number of benzene rings is 2. The lowest BCUT2D eigenvalue weighted by molar-refractivity contribution is -0.118. The third-order valence-electron chi connectivity index (χ3n) is 3.79. The molecule has 0 fully saturated rings. The van der Waals surface area contributed by atoms with Crippen molar-refractivity contribution >= 4 is 28.9 Å². The van der Waals surface area contributed by atoms with E-state index in [1.807, 2.05) is 53.4 Å².